The normalized spacial score (nSPS) is 16.0. The highest BCUT2D eigenvalue weighted by Crippen LogP contribution is 2.33. The molecule has 4 aromatic rings. The maximum absolute atomic E-state index is 13.1. The lowest BCUT2D eigenvalue weighted by Crippen LogP contribution is -2.35. The van der Waals surface area contributed by atoms with Crippen molar-refractivity contribution in [1.29, 1.82) is 5.41 Å². The molecule has 0 bridgehead atoms. The fraction of sp³-hybridized carbons (Fsp3) is 0.194. The molecule has 0 saturated heterocycles. The van der Waals surface area contributed by atoms with Crippen LogP contribution in [0, 0.1) is 26.2 Å². The average molecular weight is 549 g/mol. The predicted molar refractivity (Wildman–Crippen MR) is 161 cm³/mol. The SMILES string of the molecule is Cc1ccc(OCCCn2c(C)c(/C=C3/C(=N)N4N=C(c5cccnc5)SC4=NC3=O)c3ccccc32)c(C)c1. The number of para-hydroxylation sites is 1. The zero-order chi connectivity index (χ0) is 27.8. The van der Waals surface area contributed by atoms with E-state index in [1.807, 2.05) is 43.3 Å². The van der Waals surface area contributed by atoms with Crippen molar-refractivity contribution >= 4 is 50.7 Å². The van der Waals surface area contributed by atoms with E-state index in [-0.39, 0.29) is 11.4 Å². The summed E-state index contributed by atoms with van der Waals surface area (Å²) in [6.45, 7) is 7.54. The van der Waals surface area contributed by atoms with E-state index in [4.69, 9.17) is 10.1 Å². The van der Waals surface area contributed by atoms with Crippen LogP contribution in [0.4, 0.5) is 0 Å². The van der Waals surface area contributed by atoms with Crippen LogP contribution in [0.2, 0.25) is 0 Å². The minimum atomic E-state index is -0.440. The fourth-order valence-corrected chi connectivity index (χ4v) is 5.92. The number of nitrogens with one attached hydrogen (secondary N) is 1. The molecule has 9 heteroatoms. The van der Waals surface area contributed by atoms with Gasteiger partial charge in [0.15, 0.2) is 5.84 Å². The molecule has 0 fully saturated rings. The number of pyridine rings is 1. The van der Waals surface area contributed by atoms with Crippen LogP contribution in [-0.4, -0.2) is 43.1 Å². The van der Waals surface area contributed by atoms with Gasteiger partial charge in [-0.25, -0.2) is 0 Å². The number of rotatable bonds is 7. The molecule has 0 saturated carbocycles. The van der Waals surface area contributed by atoms with Crippen LogP contribution in [0.3, 0.4) is 0 Å². The zero-order valence-corrected chi connectivity index (χ0v) is 23.3. The van der Waals surface area contributed by atoms with Gasteiger partial charge in [0.1, 0.15) is 10.8 Å². The Morgan fingerprint density at radius 2 is 1.93 bits per heavy atom. The van der Waals surface area contributed by atoms with E-state index < -0.39 is 5.91 Å². The summed E-state index contributed by atoms with van der Waals surface area (Å²) < 4.78 is 8.32. The summed E-state index contributed by atoms with van der Waals surface area (Å²) in [5, 5.41) is 16.9. The van der Waals surface area contributed by atoms with E-state index >= 15 is 0 Å². The van der Waals surface area contributed by atoms with Crippen molar-refractivity contribution in [3.8, 4) is 5.75 Å². The Hall–Kier alpha value is -4.50. The van der Waals surface area contributed by atoms with Crippen molar-refractivity contribution in [2.45, 2.75) is 33.7 Å². The molecule has 0 aliphatic carbocycles. The number of aryl methyl sites for hydroxylation is 3. The molecule has 1 N–H and O–H groups in total. The minimum Gasteiger partial charge on any atom is -0.493 e. The van der Waals surface area contributed by atoms with Gasteiger partial charge in [0, 0.05) is 46.7 Å². The number of hydrogen-bond donors (Lipinski definition) is 1. The molecule has 0 spiro atoms. The van der Waals surface area contributed by atoms with Crippen LogP contribution in [0.5, 0.6) is 5.75 Å². The molecule has 0 radical (unpaired) electrons. The van der Waals surface area contributed by atoms with E-state index in [0.29, 0.717) is 16.8 Å². The Morgan fingerprint density at radius 3 is 2.73 bits per heavy atom. The Kier molecular flexibility index (Phi) is 6.81. The van der Waals surface area contributed by atoms with Gasteiger partial charge in [-0.15, -0.1) is 0 Å². The van der Waals surface area contributed by atoms with Crippen molar-refractivity contribution in [3.05, 3.63) is 101 Å². The van der Waals surface area contributed by atoms with Crippen molar-refractivity contribution in [3.63, 3.8) is 0 Å². The summed E-state index contributed by atoms with van der Waals surface area (Å²) >= 11 is 1.27. The van der Waals surface area contributed by atoms with Crippen molar-refractivity contribution in [2.24, 2.45) is 10.1 Å². The van der Waals surface area contributed by atoms with Crippen LogP contribution in [0.25, 0.3) is 17.0 Å². The van der Waals surface area contributed by atoms with Crippen LogP contribution in [-0.2, 0) is 11.3 Å². The summed E-state index contributed by atoms with van der Waals surface area (Å²) in [6.07, 6.45) is 6.01. The number of aliphatic imine (C=N–C) groups is 1. The average Bonchev–Trinajstić information content (AvgIpc) is 3.49. The lowest BCUT2D eigenvalue weighted by atomic mass is 10.1. The Bertz CT molecular complexity index is 1750. The number of hydrazone groups is 1. The number of amidine groups is 2. The Balaban J connectivity index is 1.27. The third-order valence-electron chi connectivity index (χ3n) is 7.05. The molecule has 2 aromatic carbocycles. The van der Waals surface area contributed by atoms with E-state index in [0.717, 1.165) is 52.0 Å². The Labute approximate surface area is 236 Å². The summed E-state index contributed by atoms with van der Waals surface area (Å²) in [6, 6.07) is 18.1. The maximum Gasteiger partial charge on any atom is 0.283 e. The lowest BCUT2D eigenvalue weighted by molar-refractivity contribution is -0.114. The number of hydrogen-bond acceptors (Lipinski definition) is 6. The molecule has 200 valence electrons. The molecule has 2 aromatic heterocycles. The molecule has 4 heterocycles. The van der Waals surface area contributed by atoms with Crippen LogP contribution >= 0.6 is 11.8 Å². The number of ether oxygens (including phenoxy) is 1. The van der Waals surface area contributed by atoms with Crippen molar-refractivity contribution in [2.75, 3.05) is 6.61 Å². The lowest BCUT2D eigenvalue weighted by Gasteiger charge is -2.20. The molecule has 8 nitrogen and oxygen atoms in total. The highest BCUT2D eigenvalue weighted by Gasteiger charge is 2.36. The minimum absolute atomic E-state index is 0.0134. The molecule has 0 atom stereocenters. The first-order chi connectivity index (χ1) is 19.4. The highest BCUT2D eigenvalue weighted by molar-refractivity contribution is 8.27. The molecule has 0 unspecified atom stereocenters. The zero-order valence-electron chi connectivity index (χ0n) is 22.5. The van der Waals surface area contributed by atoms with Gasteiger partial charge in [0.2, 0.25) is 5.17 Å². The van der Waals surface area contributed by atoms with Crippen LogP contribution < -0.4 is 4.74 Å². The summed E-state index contributed by atoms with van der Waals surface area (Å²) in [7, 11) is 0. The topological polar surface area (TPSA) is 95.9 Å². The number of fused-ring (bicyclic) bond motifs is 2. The summed E-state index contributed by atoms with van der Waals surface area (Å²) in [5.41, 5.74) is 6.38. The van der Waals surface area contributed by atoms with Gasteiger partial charge in [-0.2, -0.15) is 15.1 Å². The molecule has 2 aliphatic rings. The number of aromatic nitrogens is 2. The number of thioether (sulfide) groups is 1. The summed E-state index contributed by atoms with van der Waals surface area (Å²) in [5.74, 6) is 0.484. The van der Waals surface area contributed by atoms with Crippen molar-refractivity contribution in [1.82, 2.24) is 14.6 Å². The predicted octanol–water partition coefficient (Wildman–Crippen LogP) is 6.10. The van der Waals surface area contributed by atoms with Crippen LogP contribution in [0.15, 0.2) is 82.7 Å². The van der Waals surface area contributed by atoms with E-state index in [1.54, 1.807) is 18.5 Å². The van der Waals surface area contributed by atoms with E-state index in [1.165, 1.54) is 22.3 Å². The smallest absolute Gasteiger partial charge is 0.283 e. The first-order valence-electron chi connectivity index (χ1n) is 13.1. The first-order valence-corrected chi connectivity index (χ1v) is 13.9. The third kappa shape index (κ3) is 4.73. The van der Waals surface area contributed by atoms with Gasteiger partial charge in [-0.05, 0) is 74.9 Å². The van der Waals surface area contributed by atoms with Gasteiger partial charge < -0.3 is 9.30 Å². The Morgan fingerprint density at radius 1 is 1.07 bits per heavy atom. The molecule has 6 rings (SSSR count). The van der Waals surface area contributed by atoms with E-state index in [9.17, 15) is 4.79 Å². The standard InChI is InChI=1S/C31H28N6O2S/c1-19-11-12-27(20(2)16-19)39-15-7-14-36-21(3)24(23-9-4-5-10-26(23)36)17-25-28(32)37-31(34-29(25)38)40-30(35-37)22-8-6-13-33-18-22/h4-6,8-13,16-18,32H,7,14-15H2,1-3H3/b25-17-,32-28?. The number of benzene rings is 2. The van der Waals surface area contributed by atoms with Gasteiger partial charge >= 0.3 is 0 Å². The second kappa shape index (κ2) is 10.6. The molecule has 1 amide bonds. The number of nitrogens with zero attached hydrogens (tertiary/aromatic N) is 5. The van der Waals surface area contributed by atoms with Gasteiger partial charge in [-0.3, -0.25) is 15.2 Å². The molecular weight excluding hydrogens is 520 g/mol. The molecule has 40 heavy (non-hydrogen) atoms. The monoisotopic (exact) mass is 548 g/mol. The quantitative estimate of drug-likeness (QED) is 0.222. The summed E-state index contributed by atoms with van der Waals surface area (Å²) in [4.78, 5) is 21.5. The van der Waals surface area contributed by atoms with E-state index in [2.05, 4.69) is 51.7 Å². The largest absolute Gasteiger partial charge is 0.493 e. The first kappa shape index (κ1) is 25.8. The van der Waals surface area contributed by atoms with Gasteiger partial charge in [0.05, 0.1) is 12.2 Å². The number of amides is 1. The van der Waals surface area contributed by atoms with Gasteiger partial charge in [-0.1, -0.05) is 35.9 Å². The maximum atomic E-state index is 13.1. The fourth-order valence-electron chi connectivity index (χ4n) is 5.04. The second-order valence-corrected chi connectivity index (χ2v) is 10.8. The number of carbonyl (C=O) groups is 1. The number of carbonyl (C=O) groups excluding carboxylic acids is 1. The third-order valence-corrected chi connectivity index (χ3v) is 8.00. The molecule has 2 aliphatic heterocycles. The van der Waals surface area contributed by atoms with Crippen LogP contribution in [0.1, 0.15) is 34.4 Å². The second-order valence-electron chi connectivity index (χ2n) is 9.81. The van der Waals surface area contributed by atoms with Crippen molar-refractivity contribution < 1.29 is 9.53 Å². The van der Waals surface area contributed by atoms with Gasteiger partial charge in [0.25, 0.3) is 5.91 Å². The highest BCUT2D eigenvalue weighted by atomic mass is 32.2. The molecular formula is C31H28N6O2S.